The van der Waals surface area contributed by atoms with Crippen LogP contribution in [0.4, 0.5) is 0 Å². The van der Waals surface area contributed by atoms with E-state index in [1.165, 1.54) is 0 Å². The molecule has 0 saturated heterocycles. The van der Waals surface area contributed by atoms with Gasteiger partial charge in [-0.15, -0.1) is 0 Å². The van der Waals surface area contributed by atoms with Crippen LogP contribution in [0.1, 0.15) is 37.8 Å². The van der Waals surface area contributed by atoms with Crippen LogP contribution in [-0.4, -0.2) is 37.0 Å². The van der Waals surface area contributed by atoms with Gasteiger partial charge in [0.05, 0.1) is 13.7 Å². The number of hydrogen-bond acceptors (Lipinski definition) is 5. The second-order valence-electron chi connectivity index (χ2n) is 7.80. The van der Waals surface area contributed by atoms with Crippen LogP contribution in [0.2, 0.25) is 0 Å². The number of ether oxygens (including phenoxy) is 2. The fourth-order valence-electron chi connectivity index (χ4n) is 3.53. The lowest BCUT2D eigenvalue weighted by molar-refractivity contribution is -0.140. The van der Waals surface area contributed by atoms with Gasteiger partial charge in [-0.25, -0.2) is 0 Å². The van der Waals surface area contributed by atoms with Crippen LogP contribution < -0.4 is 9.47 Å². The molecule has 6 nitrogen and oxygen atoms in total. The van der Waals surface area contributed by atoms with Gasteiger partial charge in [-0.1, -0.05) is 37.6 Å². The highest BCUT2D eigenvalue weighted by Crippen LogP contribution is 2.28. The minimum atomic E-state index is -0.551. The van der Waals surface area contributed by atoms with Crippen molar-refractivity contribution >= 4 is 17.9 Å². The zero-order valence-electron chi connectivity index (χ0n) is 19.3. The fraction of sp³-hybridized carbons (Fsp3) is 0.296. The van der Waals surface area contributed by atoms with Crippen molar-refractivity contribution in [2.24, 2.45) is 0 Å². The number of imide groups is 1. The van der Waals surface area contributed by atoms with Gasteiger partial charge in [-0.3, -0.25) is 14.5 Å². The lowest BCUT2D eigenvalue weighted by Gasteiger charge is -2.27. The molecule has 2 amide bonds. The second kappa shape index (κ2) is 11.1. The Bertz CT molecular complexity index is 1110. The second-order valence-corrected chi connectivity index (χ2v) is 7.80. The Kier molecular flexibility index (Phi) is 8.04. The summed E-state index contributed by atoms with van der Waals surface area (Å²) < 4.78 is 10.9. The van der Waals surface area contributed by atoms with E-state index in [-0.39, 0.29) is 12.1 Å². The molecular weight excluding hydrogens is 416 g/mol. The van der Waals surface area contributed by atoms with Gasteiger partial charge in [0, 0.05) is 12.1 Å². The Labute approximate surface area is 194 Å². The Morgan fingerprint density at radius 2 is 1.67 bits per heavy atom. The molecule has 6 heteroatoms. The van der Waals surface area contributed by atoms with Gasteiger partial charge in [0.25, 0.3) is 11.8 Å². The SMILES string of the molecule is CCCCOc1ccc(/C=C2/C(=O)N(CCc3ccc(OC)cc3)C(=O)C(C#N)=C2C)cc1. The Hall–Kier alpha value is -3.85. The molecule has 33 heavy (non-hydrogen) atoms. The third-order valence-corrected chi connectivity index (χ3v) is 5.57. The number of carbonyl (C=O) groups excluding carboxylic acids is 2. The van der Waals surface area contributed by atoms with E-state index in [0.29, 0.717) is 24.2 Å². The molecular formula is C27H28N2O4. The number of hydrogen-bond donors (Lipinski definition) is 0. The molecule has 0 radical (unpaired) electrons. The van der Waals surface area contributed by atoms with E-state index >= 15 is 0 Å². The first-order valence-electron chi connectivity index (χ1n) is 11.0. The van der Waals surface area contributed by atoms with E-state index in [9.17, 15) is 14.9 Å². The van der Waals surface area contributed by atoms with Gasteiger partial charge < -0.3 is 9.47 Å². The molecule has 0 N–H and O–H groups in total. The van der Waals surface area contributed by atoms with E-state index in [0.717, 1.165) is 40.4 Å². The van der Waals surface area contributed by atoms with E-state index < -0.39 is 11.8 Å². The van der Waals surface area contributed by atoms with Crippen molar-refractivity contribution in [3.05, 3.63) is 76.4 Å². The zero-order valence-corrected chi connectivity index (χ0v) is 19.3. The molecule has 170 valence electrons. The Morgan fingerprint density at radius 1 is 1.00 bits per heavy atom. The molecule has 0 aliphatic carbocycles. The van der Waals surface area contributed by atoms with Gasteiger partial charge in [-0.2, -0.15) is 5.26 Å². The van der Waals surface area contributed by atoms with Crippen LogP contribution in [0.15, 0.2) is 65.3 Å². The van der Waals surface area contributed by atoms with Crippen LogP contribution in [-0.2, 0) is 16.0 Å². The number of methoxy groups -OCH3 is 1. The molecule has 1 aliphatic rings. The summed E-state index contributed by atoms with van der Waals surface area (Å²) in [4.78, 5) is 27.2. The van der Waals surface area contributed by atoms with Gasteiger partial charge in [0.2, 0.25) is 0 Å². The Morgan fingerprint density at radius 3 is 2.27 bits per heavy atom. The molecule has 2 aromatic rings. The number of benzene rings is 2. The molecule has 0 aromatic heterocycles. The molecule has 0 spiro atoms. The average molecular weight is 445 g/mol. The van der Waals surface area contributed by atoms with Crippen molar-refractivity contribution in [3.63, 3.8) is 0 Å². The minimum absolute atomic E-state index is 0.00454. The van der Waals surface area contributed by atoms with Crippen molar-refractivity contribution in [1.82, 2.24) is 4.90 Å². The number of carbonyl (C=O) groups is 2. The molecule has 0 fully saturated rings. The molecule has 0 unspecified atom stereocenters. The van der Waals surface area contributed by atoms with E-state index in [4.69, 9.17) is 9.47 Å². The van der Waals surface area contributed by atoms with Gasteiger partial charge >= 0.3 is 0 Å². The normalized spacial score (nSPS) is 15.1. The quantitative estimate of drug-likeness (QED) is 0.318. The lowest BCUT2D eigenvalue weighted by Crippen LogP contribution is -2.43. The van der Waals surface area contributed by atoms with Crippen molar-refractivity contribution in [2.45, 2.75) is 33.1 Å². The van der Waals surface area contributed by atoms with E-state index in [1.54, 1.807) is 20.1 Å². The monoisotopic (exact) mass is 444 g/mol. The first kappa shape index (κ1) is 23.8. The maximum absolute atomic E-state index is 13.2. The first-order chi connectivity index (χ1) is 16.0. The van der Waals surface area contributed by atoms with Crippen molar-refractivity contribution in [3.8, 4) is 17.6 Å². The standard InChI is InChI=1S/C27H28N2O4/c1-4-5-16-33-23-12-8-21(9-13-23)17-24-19(2)25(18-28)27(31)29(26(24)30)15-14-20-6-10-22(32-3)11-7-20/h6-13,17H,4-5,14-16H2,1-3H3/b24-17+. The van der Waals surface area contributed by atoms with Crippen LogP contribution in [0.25, 0.3) is 6.08 Å². The maximum Gasteiger partial charge on any atom is 0.271 e. The van der Waals surface area contributed by atoms with Crippen LogP contribution in [0.3, 0.4) is 0 Å². The lowest BCUT2D eigenvalue weighted by atomic mass is 9.93. The largest absolute Gasteiger partial charge is 0.497 e. The molecule has 0 atom stereocenters. The van der Waals surface area contributed by atoms with Crippen molar-refractivity contribution in [2.75, 3.05) is 20.3 Å². The van der Waals surface area contributed by atoms with Gasteiger partial charge in [0.1, 0.15) is 23.1 Å². The number of nitrogens with zero attached hydrogens (tertiary/aromatic N) is 2. The summed E-state index contributed by atoms with van der Waals surface area (Å²) in [5.41, 5.74) is 2.50. The fourth-order valence-corrected chi connectivity index (χ4v) is 3.53. The van der Waals surface area contributed by atoms with Crippen LogP contribution in [0, 0.1) is 11.3 Å². The molecule has 3 rings (SSSR count). The highest BCUT2D eigenvalue weighted by molar-refractivity contribution is 6.19. The third kappa shape index (κ3) is 5.69. The van der Waals surface area contributed by atoms with E-state index in [2.05, 4.69) is 6.92 Å². The average Bonchev–Trinajstić information content (AvgIpc) is 2.83. The summed E-state index contributed by atoms with van der Waals surface area (Å²) in [5.74, 6) is 0.557. The Balaban J connectivity index is 1.81. The molecule has 1 aliphatic heterocycles. The van der Waals surface area contributed by atoms with E-state index in [1.807, 2.05) is 54.6 Å². The predicted molar refractivity (Wildman–Crippen MR) is 127 cm³/mol. The van der Waals surface area contributed by atoms with Crippen molar-refractivity contribution in [1.29, 1.82) is 5.26 Å². The molecule has 2 aromatic carbocycles. The summed E-state index contributed by atoms with van der Waals surface area (Å²) in [6, 6.07) is 16.9. The van der Waals surface area contributed by atoms with Crippen LogP contribution in [0.5, 0.6) is 11.5 Å². The number of amides is 2. The summed E-state index contributed by atoms with van der Waals surface area (Å²) in [7, 11) is 1.60. The van der Waals surface area contributed by atoms with Crippen molar-refractivity contribution < 1.29 is 19.1 Å². The summed E-state index contributed by atoms with van der Waals surface area (Å²) in [5, 5.41) is 9.58. The number of nitriles is 1. The summed E-state index contributed by atoms with van der Waals surface area (Å²) in [6.45, 7) is 4.59. The highest BCUT2D eigenvalue weighted by Gasteiger charge is 2.35. The molecule has 0 saturated carbocycles. The maximum atomic E-state index is 13.2. The first-order valence-corrected chi connectivity index (χ1v) is 11.0. The minimum Gasteiger partial charge on any atom is -0.497 e. The molecule has 1 heterocycles. The topological polar surface area (TPSA) is 79.6 Å². The number of unbranched alkanes of at least 4 members (excludes halogenated alkanes) is 1. The predicted octanol–water partition coefficient (Wildman–Crippen LogP) is 4.71. The molecule has 0 bridgehead atoms. The third-order valence-electron chi connectivity index (χ3n) is 5.57. The highest BCUT2D eigenvalue weighted by atomic mass is 16.5. The summed E-state index contributed by atoms with van der Waals surface area (Å²) >= 11 is 0. The van der Waals surface area contributed by atoms with Gasteiger partial charge in [-0.05, 0) is 66.8 Å². The summed E-state index contributed by atoms with van der Waals surface area (Å²) in [6.07, 6.45) is 4.25. The van der Waals surface area contributed by atoms with Gasteiger partial charge in [0.15, 0.2) is 0 Å². The zero-order chi connectivity index (χ0) is 23.8. The van der Waals surface area contributed by atoms with Crippen LogP contribution >= 0.6 is 0 Å². The smallest absolute Gasteiger partial charge is 0.271 e. The number of rotatable bonds is 9.